The molecule has 2 N–H and O–H groups in total. The van der Waals surface area contributed by atoms with E-state index in [1.807, 2.05) is 0 Å². The third-order valence-corrected chi connectivity index (χ3v) is 4.08. The van der Waals surface area contributed by atoms with E-state index < -0.39 is 12.0 Å². The number of carboxylic acid groups (broad SMARTS) is 1. The van der Waals surface area contributed by atoms with Crippen molar-refractivity contribution < 1.29 is 14.6 Å². The van der Waals surface area contributed by atoms with Crippen LogP contribution in [0.3, 0.4) is 0 Å². The minimum absolute atomic E-state index is 0.151. The number of hydrogen-bond donors (Lipinski definition) is 2. The monoisotopic (exact) mass is 305 g/mol. The average molecular weight is 305 g/mol. The maximum absolute atomic E-state index is 11.4. The van der Waals surface area contributed by atoms with Crippen molar-refractivity contribution in [2.45, 2.75) is 59.2 Å². The van der Waals surface area contributed by atoms with Gasteiger partial charge in [-0.1, -0.05) is 39.0 Å². The molecule has 1 aromatic rings. The van der Waals surface area contributed by atoms with Crippen molar-refractivity contribution in [1.82, 2.24) is 5.32 Å². The standard InChI is InChI=1S/C18H27NO3/c1-18(2,3)8-6-16(17(20)21)19-11-13-4-5-14-7-9-22-12-15(14)10-13/h4-5,10,16,19H,6-9,11-12H2,1-3H3,(H,20,21). The van der Waals surface area contributed by atoms with Crippen LogP contribution in [-0.2, 0) is 29.1 Å². The normalized spacial score (nSPS) is 16.1. The van der Waals surface area contributed by atoms with Gasteiger partial charge in [0.05, 0.1) is 13.2 Å². The summed E-state index contributed by atoms with van der Waals surface area (Å²) in [5.74, 6) is -0.773. The molecule has 0 spiro atoms. The number of ether oxygens (including phenoxy) is 1. The van der Waals surface area contributed by atoms with Crippen LogP contribution in [0.25, 0.3) is 0 Å². The summed E-state index contributed by atoms with van der Waals surface area (Å²) in [6, 6.07) is 5.86. The summed E-state index contributed by atoms with van der Waals surface area (Å²) < 4.78 is 5.48. The highest BCUT2D eigenvalue weighted by Gasteiger charge is 2.20. The van der Waals surface area contributed by atoms with Crippen molar-refractivity contribution in [2.75, 3.05) is 6.61 Å². The van der Waals surface area contributed by atoms with Crippen LogP contribution in [0.1, 0.15) is 50.3 Å². The molecule has 0 amide bonds. The second-order valence-electron chi connectivity index (χ2n) is 7.28. The molecule has 4 heteroatoms. The minimum Gasteiger partial charge on any atom is -0.480 e. The Bertz CT molecular complexity index is 520. The van der Waals surface area contributed by atoms with Gasteiger partial charge in [-0.05, 0) is 41.4 Å². The third-order valence-electron chi connectivity index (χ3n) is 4.08. The first-order valence-corrected chi connectivity index (χ1v) is 8.00. The molecule has 122 valence electrons. The van der Waals surface area contributed by atoms with Crippen LogP contribution < -0.4 is 5.32 Å². The molecule has 0 fully saturated rings. The SMILES string of the molecule is CC(C)(C)CCC(NCc1ccc2c(c1)COCC2)C(=O)O. The van der Waals surface area contributed by atoms with E-state index in [1.54, 1.807) is 0 Å². The highest BCUT2D eigenvalue weighted by atomic mass is 16.5. The predicted molar refractivity (Wildman–Crippen MR) is 86.8 cm³/mol. The van der Waals surface area contributed by atoms with Gasteiger partial charge in [0.1, 0.15) is 6.04 Å². The topological polar surface area (TPSA) is 58.6 Å². The van der Waals surface area contributed by atoms with Gasteiger partial charge in [-0.25, -0.2) is 0 Å². The highest BCUT2D eigenvalue weighted by Crippen LogP contribution is 2.22. The lowest BCUT2D eigenvalue weighted by atomic mass is 9.88. The molecule has 0 radical (unpaired) electrons. The summed E-state index contributed by atoms with van der Waals surface area (Å²) in [6.45, 7) is 8.43. The van der Waals surface area contributed by atoms with Gasteiger partial charge in [0.25, 0.3) is 0 Å². The molecule has 1 aliphatic rings. The fourth-order valence-electron chi connectivity index (χ4n) is 2.66. The highest BCUT2D eigenvalue weighted by molar-refractivity contribution is 5.73. The smallest absolute Gasteiger partial charge is 0.320 e. The molecule has 22 heavy (non-hydrogen) atoms. The van der Waals surface area contributed by atoms with Crippen molar-refractivity contribution >= 4 is 5.97 Å². The van der Waals surface area contributed by atoms with Crippen LogP contribution in [0, 0.1) is 5.41 Å². The summed E-state index contributed by atoms with van der Waals surface area (Å²) >= 11 is 0. The second-order valence-corrected chi connectivity index (χ2v) is 7.28. The van der Waals surface area contributed by atoms with Gasteiger partial charge in [0.15, 0.2) is 0 Å². The molecule has 0 bridgehead atoms. The maximum atomic E-state index is 11.4. The molecule has 1 heterocycles. The molecule has 1 aliphatic heterocycles. The van der Waals surface area contributed by atoms with Crippen LogP contribution >= 0.6 is 0 Å². The summed E-state index contributed by atoms with van der Waals surface area (Å²) in [4.78, 5) is 11.4. The van der Waals surface area contributed by atoms with E-state index in [-0.39, 0.29) is 5.41 Å². The van der Waals surface area contributed by atoms with Gasteiger partial charge in [-0.3, -0.25) is 4.79 Å². The Morgan fingerprint density at radius 2 is 2.14 bits per heavy atom. The molecule has 2 rings (SSSR count). The number of carboxylic acids is 1. The van der Waals surface area contributed by atoms with Crippen LogP contribution in [0.15, 0.2) is 18.2 Å². The first-order valence-electron chi connectivity index (χ1n) is 8.00. The van der Waals surface area contributed by atoms with Crippen molar-refractivity contribution in [1.29, 1.82) is 0 Å². The van der Waals surface area contributed by atoms with Crippen molar-refractivity contribution in [3.05, 3.63) is 34.9 Å². The fourth-order valence-corrected chi connectivity index (χ4v) is 2.66. The molecule has 1 atom stereocenters. The van der Waals surface area contributed by atoms with E-state index >= 15 is 0 Å². The second kappa shape index (κ2) is 7.25. The van der Waals surface area contributed by atoms with Gasteiger partial charge in [-0.15, -0.1) is 0 Å². The summed E-state index contributed by atoms with van der Waals surface area (Å²) in [7, 11) is 0. The molecule has 1 unspecified atom stereocenters. The number of fused-ring (bicyclic) bond motifs is 1. The zero-order valence-corrected chi connectivity index (χ0v) is 13.8. The Morgan fingerprint density at radius 1 is 1.36 bits per heavy atom. The molecule has 4 nitrogen and oxygen atoms in total. The quantitative estimate of drug-likeness (QED) is 0.848. The summed E-state index contributed by atoms with van der Waals surface area (Å²) in [5, 5.41) is 12.5. The number of rotatable bonds is 6. The molecule has 0 saturated carbocycles. The lowest BCUT2D eigenvalue weighted by molar-refractivity contribution is -0.139. The number of nitrogens with one attached hydrogen (secondary N) is 1. The van der Waals surface area contributed by atoms with Gasteiger partial charge in [-0.2, -0.15) is 0 Å². The first-order chi connectivity index (χ1) is 10.3. The Morgan fingerprint density at radius 3 is 2.82 bits per heavy atom. The van der Waals surface area contributed by atoms with E-state index in [0.717, 1.165) is 25.0 Å². The van der Waals surface area contributed by atoms with Gasteiger partial charge >= 0.3 is 5.97 Å². The molecular weight excluding hydrogens is 278 g/mol. The van der Waals surface area contributed by atoms with Gasteiger partial charge < -0.3 is 15.2 Å². The Labute approximate surface area is 132 Å². The van der Waals surface area contributed by atoms with Crippen LogP contribution in [0.2, 0.25) is 0 Å². The Kier molecular flexibility index (Phi) is 5.59. The molecule has 0 saturated heterocycles. The van der Waals surface area contributed by atoms with E-state index in [2.05, 4.69) is 44.3 Å². The molecule has 0 aliphatic carbocycles. The Balaban J connectivity index is 1.93. The zero-order valence-electron chi connectivity index (χ0n) is 13.8. The van der Waals surface area contributed by atoms with Crippen molar-refractivity contribution in [2.24, 2.45) is 5.41 Å². The van der Waals surface area contributed by atoms with Crippen molar-refractivity contribution in [3.63, 3.8) is 0 Å². The van der Waals surface area contributed by atoms with Crippen LogP contribution in [0.5, 0.6) is 0 Å². The zero-order chi connectivity index (χ0) is 16.2. The van der Waals surface area contributed by atoms with Crippen LogP contribution in [-0.4, -0.2) is 23.7 Å². The fraction of sp³-hybridized carbons (Fsp3) is 0.611. The number of carbonyl (C=O) groups is 1. The Hall–Kier alpha value is -1.39. The van der Waals surface area contributed by atoms with E-state index in [1.165, 1.54) is 11.1 Å². The third kappa shape index (κ3) is 5.11. The maximum Gasteiger partial charge on any atom is 0.320 e. The first kappa shape index (κ1) is 17.0. The van der Waals surface area contributed by atoms with E-state index in [9.17, 15) is 9.90 Å². The lowest BCUT2D eigenvalue weighted by Gasteiger charge is -2.22. The minimum atomic E-state index is -0.773. The van der Waals surface area contributed by atoms with Gasteiger partial charge in [0.2, 0.25) is 0 Å². The largest absolute Gasteiger partial charge is 0.480 e. The van der Waals surface area contributed by atoms with Crippen LogP contribution in [0.4, 0.5) is 0 Å². The van der Waals surface area contributed by atoms with E-state index in [0.29, 0.717) is 19.6 Å². The van der Waals surface area contributed by atoms with E-state index in [4.69, 9.17) is 4.74 Å². The summed E-state index contributed by atoms with van der Waals surface area (Å²) in [5.41, 5.74) is 3.84. The lowest BCUT2D eigenvalue weighted by Crippen LogP contribution is -2.37. The van der Waals surface area contributed by atoms with Crippen molar-refractivity contribution in [3.8, 4) is 0 Å². The molecule has 1 aromatic carbocycles. The average Bonchev–Trinajstić information content (AvgIpc) is 2.45. The van der Waals surface area contributed by atoms with Gasteiger partial charge in [0, 0.05) is 6.54 Å². The molecular formula is C18H27NO3. The molecule has 0 aromatic heterocycles. The number of hydrogen-bond acceptors (Lipinski definition) is 3. The number of benzene rings is 1. The number of aliphatic carboxylic acids is 1. The predicted octanol–water partition coefficient (Wildman–Crippen LogP) is 3.13. The summed E-state index contributed by atoms with van der Waals surface area (Å²) in [6.07, 6.45) is 2.49.